The molecule has 0 fully saturated rings. The third kappa shape index (κ3) is 13.3. The molecule has 0 radical (unpaired) electrons. The van der Waals surface area contributed by atoms with Crippen LogP contribution in [0.15, 0.2) is 102 Å². The number of rotatable bonds is 19. The molecule has 2 aromatic carbocycles. The van der Waals surface area contributed by atoms with E-state index in [2.05, 4.69) is 132 Å². The highest BCUT2D eigenvalue weighted by Crippen LogP contribution is 2.25. The van der Waals surface area contributed by atoms with Crippen LogP contribution in [0.3, 0.4) is 0 Å². The van der Waals surface area contributed by atoms with Crippen molar-refractivity contribution in [3.63, 3.8) is 0 Å². The van der Waals surface area contributed by atoms with Crippen molar-refractivity contribution in [1.29, 1.82) is 0 Å². The van der Waals surface area contributed by atoms with Gasteiger partial charge in [0.1, 0.15) is 12.8 Å². The molecular weight excluding hydrogens is 589 g/mol. The third-order valence-electron chi connectivity index (χ3n) is 7.61. The molecule has 0 N–H and O–H groups in total. The van der Waals surface area contributed by atoms with Crippen LogP contribution in [0.25, 0.3) is 12.2 Å². The van der Waals surface area contributed by atoms with Crippen LogP contribution >= 0.6 is 21.6 Å². The summed E-state index contributed by atoms with van der Waals surface area (Å²) >= 11 is 0. The fraction of sp³-hybridized carbons (Fsp3) is 0.385. The number of nitrogens with zero attached hydrogens (tertiary/aromatic N) is 4. The number of likely N-dealkylation sites (N-methyl/N-ethyl adjacent to an activating group) is 1. The van der Waals surface area contributed by atoms with E-state index in [0.717, 1.165) is 57.2 Å². The molecule has 0 saturated heterocycles. The fourth-order valence-electron chi connectivity index (χ4n) is 5.03. The Kier molecular flexibility index (Phi) is 17.3. The van der Waals surface area contributed by atoms with Crippen LogP contribution in [0, 0.1) is 5.92 Å². The van der Waals surface area contributed by atoms with E-state index in [-0.39, 0.29) is 0 Å². The zero-order chi connectivity index (χ0) is 32.1. The number of hydrogen-bond donors (Lipinski definition) is 0. The Hall–Kier alpha value is -3.22. The normalized spacial score (nSPS) is 15.6. The Morgan fingerprint density at radius 3 is 1.84 bits per heavy atom. The Bertz CT molecular complexity index is 1330. The Morgan fingerprint density at radius 2 is 1.29 bits per heavy atom. The van der Waals surface area contributed by atoms with E-state index in [1.807, 2.05) is 59.0 Å². The van der Waals surface area contributed by atoms with Crippen LogP contribution in [0.4, 0.5) is 11.4 Å². The Morgan fingerprint density at radius 1 is 0.733 bits per heavy atom. The van der Waals surface area contributed by atoms with Crippen molar-refractivity contribution in [1.82, 2.24) is 0 Å². The second-order valence-corrected chi connectivity index (χ2v) is 13.6. The van der Waals surface area contributed by atoms with Crippen molar-refractivity contribution in [2.24, 2.45) is 10.9 Å². The predicted octanol–water partition coefficient (Wildman–Crippen LogP) is 9.68. The second-order valence-electron chi connectivity index (χ2n) is 10.9. The van der Waals surface area contributed by atoms with Gasteiger partial charge in [-0.2, -0.15) is 0 Å². The highest BCUT2D eigenvalue weighted by molar-refractivity contribution is 8.76. The molecular formula is C39H53N4S2+. The first-order valence-corrected chi connectivity index (χ1v) is 19.0. The molecule has 1 atom stereocenters. The maximum absolute atomic E-state index is 4.16. The summed E-state index contributed by atoms with van der Waals surface area (Å²) in [6.07, 6.45) is 24.4. The molecule has 2 aromatic rings. The number of anilines is 2. The van der Waals surface area contributed by atoms with Crippen LogP contribution in [0.1, 0.15) is 52.2 Å². The van der Waals surface area contributed by atoms with Gasteiger partial charge in [0, 0.05) is 73.8 Å². The predicted molar refractivity (Wildman–Crippen MR) is 208 cm³/mol. The lowest BCUT2D eigenvalue weighted by Crippen LogP contribution is -2.26. The van der Waals surface area contributed by atoms with Gasteiger partial charge < -0.3 is 9.80 Å². The first kappa shape index (κ1) is 36.3. The lowest BCUT2D eigenvalue weighted by Gasteiger charge is -2.24. The lowest BCUT2D eigenvalue weighted by molar-refractivity contribution is -0.467. The van der Waals surface area contributed by atoms with Gasteiger partial charge in [0.05, 0.1) is 0 Å². The van der Waals surface area contributed by atoms with Crippen molar-refractivity contribution < 1.29 is 4.58 Å². The molecule has 0 spiro atoms. The van der Waals surface area contributed by atoms with E-state index in [4.69, 9.17) is 0 Å². The second kappa shape index (κ2) is 21.5. The highest BCUT2D eigenvalue weighted by atomic mass is 33.1. The fourth-order valence-corrected chi connectivity index (χ4v) is 7.01. The highest BCUT2D eigenvalue weighted by Gasteiger charge is 2.16. The Labute approximate surface area is 281 Å². The summed E-state index contributed by atoms with van der Waals surface area (Å²) in [6.45, 7) is 17.0. The van der Waals surface area contributed by atoms with Crippen LogP contribution in [0.5, 0.6) is 0 Å². The van der Waals surface area contributed by atoms with Gasteiger partial charge in [-0.15, -0.1) is 0 Å². The number of allylic oxidation sites excluding steroid dienone is 7. The molecule has 1 aliphatic heterocycles. The number of aliphatic imine (C=N–C) groups is 1. The summed E-state index contributed by atoms with van der Waals surface area (Å²) in [5.74, 6) is 2.84. The molecule has 1 aliphatic rings. The molecule has 240 valence electrons. The van der Waals surface area contributed by atoms with Crippen molar-refractivity contribution in [3.8, 4) is 0 Å². The monoisotopic (exact) mass is 641 g/mol. The van der Waals surface area contributed by atoms with E-state index in [0.29, 0.717) is 5.92 Å². The first-order chi connectivity index (χ1) is 22.1. The van der Waals surface area contributed by atoms with Crippen LogP contribution in [-0.2, 0) is 0 Å². The molecule has 0 saturated carbocycles. The molecule has 1 unspecified atom stereocenters. The minimum atomic E-state index is 0.619. The number of benzene rings is 2. The van der Waals surface area contributed by atoms with Crippen molar-refractivity contribution in [2.45, 2.75) is 41.0 Å². The minimum Gasteiger partial charge on any atom is -0.371 e. The van der Waals surface area contributed by atoms with Crippen molar-refractivity contribution in [3.05, 3.63) is 108 Å². The van der Waals surface area contributed by atoms with Gasteiger partial charge in [-0.25, -0.2) is 4.58 Å². The van der Waals surface area contributed by atoms with Gasteiger partial charge in [0.15, 0.2) is 0 Å². The molecule has 0 aliphatic carbocycles. The summed E-state index contributed by atoms with van der Waals surface area (Å²) in [6, 6.07) is 17.9. The van der Waals surface area contributed by atoms with E-state index in [1.54, 1.807) is 0 Å². The zero-order valence-corrected chi connectivity index (χ0v) is 29.6. The first-order valence-electron chi connectivity index (χ1n) is 16.5. The summed E-state index contributed by atoms with van der Waals surface area (Å²) in [4.78, 5) is 9.10. The quantitative estimate of drug-likeness (QED) is 0.0501. The Balaban J connectivity index is 1.37. The summed E-state index contributed by atoms with van der Waals surface area (Å²) in [5, 5.41) is 0. The lowest BCUT2D eigenvalue weighted by atomic mass is 10.0. The maximum atomic E-state index is 4.16. The van der Waals surface area contributed by atoms with Gasteiger partial charge in [0.2, 0.25) is 5.70 Å². The van der Waals surface area contributed by atoms with Crippen molar-refractivity contribution in [2.75, 3.05) is 60.6 Å². The maximum Gasteiger partial charge on any atom is 0.200 e. The van der Waals surface area contributed by atoms with Gasteiger partial charge in [0.25, 0.3) is 0 Å². The summed E-state index contributed by atoms with van der Waals surface area (Å²) < 4.78 is 2.36. The van der Waals surface area contributed by atoms with E-state index < -0.39 is 0 Å². The molecule has 4 nitrogen and oxygen atoms in total. The average molecular weight is 642 g/mol. The SMILES string of the molecule is CCN=C\C=C/C=C/C=C/c1ccc(N(CC)CCSSCCN(CC)c2ccc(/C=C/C3=CCC(C)C=[N+]3CC)cc2)cc1. The summed E-state index contributed by atoms with van der Waals surface area (Å²) in [7, 11) is 3.97. The zero-order valence-electron chi connectivity index (χ0n) is 28.0. The standard InChI is InChI=1S/C39H53N4S2/c1-6-40-28-14-12-10-11-13-15-35-17-23-37(24-18-35)41(7-2)29-31-44-45-32-30-42(8-3)38-25-19-36(20-26-38)21-27-39-22-16-34(5)33-43(39)9-4/h10-15,17-28,33-34H,6-9,16,29-32H2,1-5H3/q+1/b11-10+,14-12-,15-13+,27-21+,40-28?. The molecule has 1 heterocycles. The molecule has 45 heavy (non-hydrogen) atoms. The number of hydrogen-bond acceptors (Lipinski definition) is 5. The van der Waals surface area contributed by atoms with Crippen molar-refractivity contribution >= 4 is 57.5 Å². The third-order valence-corrected chi connectivity index (χ3v) is 9.98. The smallest absolute Gasteiger partial charge is 0.200 e. The van der Waals surface area contributed by atoms with Gasteiger partial charge in [-0.05, 0) is 87.7 Å². The van der Waals surface area contributed by atoms with Gasteiger partial charge >= 0.3 is 0 Å². The topological polar surface area (TPSA) is 21.9 Å². The van der Waals surface area contributed by atoms with Gasteiger partial charge in [-0.3, -0.25) is 4.99 Å². The molecule has 0 amide bonds. The van der Waals surface area contributed by atoms with E-state index >= 15 is 0 Å². The molecule has 0 aromatic heterocycles. The van der Waals surface area contributed by atoms with Crippen LogP contribution < -0.4 is 9.80 Å². The summed E-state index contributed by atoms with van der Waals surface area (Å²) in [5.41, 5.74) is 6.35. The van der Waals surface area contributed by atoms with E-state index in [9.17, 15) is 0 Å². The molecule has 6 heteroatoms. The van der Waals surface area contributed by atoms with E-state index in [1.165, 1.54) is 28.2 Å². The largest absolute Gasteiger partial charge is 0.371 e. The van der Waals surface area contributed by atoms with Gasteiger partial charge in [-0.1, -0.05) is 83.2 Å². The van der Waals surface area contributed by atoms with Crippen LogP contribution in [0.2, 0.25) is 0 Å². The molecule has 0 bridgehead atoms. The van der Waals surface area contributed by atoms with Crippen LogP contribution in [-0.4, -0.2) is 67.8 Å². The average Bonchev–Trinajstić information content (AvgIpc) is 3.07. The molecule has 3 rings (SSSR count). The minimum absolute atomic E-state index is 0.619.